The van der Waals surface area contributed by atoms with E-state index in [2.05, 4.69) is 51.1 Å². The van der Waals surface area contributed by atoms with Crippen molar-refractivity contribution < 1.29 is 4.74 Å². The molecule has 0 amide bonds. The van der Waals surface area contributed by atoms with Gasteiger partial charge in [-0.1, -0.05) is 6.07 Å². The lowest BCUT2D eigenvalue weighted by molar-refractivity contribution is 0.372. The number of halogens is 1. The first-order chi connectivity index (χ1) is 13.1. The summed E-state index contributed by atoms with van der Waals surface area (Å²) >= 11 is 1.79. The predicted molar refractivity (Wildman–Crippen MR) is 129 cm³/mol. The van der Waals surface area contributed by atoms with Crippen molar-refractivity contribution >= 4 is 47.0 Å². The quantitative estimate of drug-likeness (QED) is 0.376. The van der Waals surface area contributed by atoms with Gasteiger partial charge in [-0.2, -0.15) is 0 Å². The molecule has 0 saturated carbocycles. The minimum absolute atomic E-state index is 0. The van der Waals surface area contributed by atoms with Crippen molar-refractivity contribution in [1.82, 2.24) is 15.2 Å². The lowest BCUT2D eigenvalue weighted by Gasteiger charge is -2.37. The number of piperazine rings is 1. The molecule has 1 N–H and O–H groups in total. The summed E-state index contributed by atoms with van der Waals surface area (Å²) in [5, 5.41) is 4.65. The highest BCUT2D eigenvalue weighted by atomic mass is 127. The molecule has 0 radical (unpaired) electrons. The van der Waals surface area contributed by atoms with Gasteiger partial charge < -0.3 is 19.9 Å². The van der Waals surface area contributed by atoms with Crippen molar-refractivity contribution in [2.45, 2.75) is 20.3 Å². The number of hydrogen-bond acceptors (Lipinski definition) is 5. The van der Waals surface area contributed by atoms with Crippen LogP contribution in [0.3, 0.4) is 0 Å². The molecule has 6 nitrogen and oxygen atoms in total. The molecule has 8 heteroatoms. The van der Waals surface area contributed by atoms with Gasteiger partial charge in [0.2, 0.25) is 0 Å². The lowest BCUT2D eigenvalue weighted by atomic mass is 10.2. The van der Waals surface area contributed by atoms with Crippen molar-refractivity contribution in [2.24, 2.45) is 4.99 Å². The van der Waals surface area contributed by atoms with E-state index in [1.165, 1.54) is 10.6 Å². The standard InChI is InChI=1S/C20H29N5OS.HI/c1-15-19(27-16(2)23-15)8-9-22-20(21-3)25-12-10-24(11-13-25)17-6-5-7-18(14-17)26-4;/h5-7,14H,8-13H2,1-4H3,(H,21,22);1H. The number of nitrogens with one attached hydrogen (secondary N) is 1. The summed E-state index contributed by atoms with van der Waals surface area (Å²) in [4.78, 5) is 15.1. The minimum Gasteiger partial charge on any atom is -0.497 e. The SMILES string of the molecule is CN=C(NCCc1sc(C)nc1C)N1CCN(c2cccc(OC)c2)CC1.I. The Bertz CT molecular complexity index is 787. The Balaban J connectivity index is 0.00000280. The summed E-state index contributed by atoms with van der Waals surface area (Å²) in [6.07, 6.45) is 0.986. The molecule has 3 rings (SSSR count). The molecule has 2 aromatic rings. The Morgan fingerprint density at radius 3 is 2.61 bits per heavy atom. The van der Waals surface area contributed by atoms with E-state index in [9.17, 15) is 0 Å². The second kappa shape index (κ2) is 10.8. The molecule has 0 unspecified atom stereocenters. The number of ether oxygens (including phenoxy) is 1. The van der Waals surface area contributed by atoms with Gasteiger partial charge in [0.1, 0.15) is 5.75 Å². The number of rotatable bonds is 5. The molecule has 1 aliphatic rings. The van der Waals surface area contributed by atoms with E-state index < -0.39 is 0 Å². The third-order valence-electron chi connectivity index (χ3n) is 4.84. The Morgan fingerprint density at radius 2 is 2.00 bits per heavy atom. The van der Waals surface area contributed by atoms with Gasteiger partial charge in [0.25, 0.3) is 0 Å². The molecule has 0 aliphatic carbocycles. The van der Waals surface area contributed by atoms with Crippen LogP contribution in [0.4, 0.5) is 5.69 Å². The number of methoxy groups -OCH3 is 1. The third kappa shape index (κ3) is 5.73. The van der Waals surface area contributed by atoms with Crippen LogP contribution in [0.1, 0.15) is 15.6 Å². The highest BCUT2D eigenvalue weighted by Crippen LogP contribution is 2.22. The van der Waals surface area contributed by atoms with Crippen LogP contribution < -0.4 is 15.0 Å². The lowest BCUT2D eigenvalue weighted by Crippen LogP contribution is -2.52. The molecule has 1 saturated heterocycles. The Labute approximate surface area is 189 Å². The highest BCUT2D eigenvalue weighted by Gasteiger charge is 2.20. The van der Waals surface area contributed by atoms with Gasteiger partial charge in [-0.15, -0.1) is 35.3 Å². The zero-order chi connectivity index (χ0) is 19.2. The Hall–Kier alpha value is -1.55. The highest BCUT2D eigenvalue weighted by molar-refractivity contribution is 14.0. The van der Waals surface area contributed by atoms with Crippen LogP contribution in [0.5, 0.6) is 5.75 Å². The molecule has 0 bridgehead atoms. The van der Waals surface area contributed by atoms with Crippen molar-refractivity contribution in [1.29, 1.82) is 0 Å². The molecule has 1 aromatic heterocycles. The van der Waals surface area contributed by atoms with Gasteiger partial charge in [-0.05, 0) is 26.0 Å². The van der Waals surface area contributed by atoms with Crippen molar-refractivity contribution in [3.63, 3.8) is 0 Å². The van der Waals surface area contributed by atoms with E-state index in [4.69, 9.17) is 4.74 Å². The zero-order valence-electron chi connectivity index (χ0n) is 17.1. The van der Waals surface area contributed by atoms with Crippen LogP contribution in [0.2, 0.25) is 0 Å². The van der Waals surface area contributed by atoms with Gasteiger partial charge in [0.05, 0.1) is 17.8 Å². The number of thiazole rings is 1. The van der Waals surface area contributed by atoms with Crippen LogP contribution in [-0.4, -0.2) is 62.7 Å². The summed E-state index contributed by atoms with van der Waals surface area (Å²) in [6, 6.07) is 8.27. The minimum atomic E-state index is 0. The fourth-order valence-corrected chi connectivity index (χ4v) is 4.35. The number of guanidine groups is 1. The number of aromatic nitrogens is 1. The van der Waals surface area contributed by atoms with E-state index >= 15 is 0 Å². The largest absolute Gasteiger partial charge is 0.497 e. The molecule has 2 heterocycles. The summed E-state index contributed by atoms with van der Waals surface area (Å²) in [7, 11) is 3.57. The number of benzene rings is 1. The second-order valence-electron chi connectivity index (χ2n) is 6.64. The Morgan fingerprint density at radius 1 is 1.25 bits per heavy atom. The number of anilines is 1. The van der Waals surface area contributed by atoms with E-state index in [1.807, 2.05) is 19.2 Å². The van der Waals surface area contributed by atoms with Crippen LogP contribution >= 0.6 is 35.3 Å². The molecule has 1 aromatic carbocycles. The van der Waals surface area contributed by atoms with Gasteiger partial charge in [-0.25, -0.2) is 4.98 Å². The zero-order valence-corrected chi connectivity index (χ0v) is 20.2. The van der Waals surface area contributed by atoms with Gasteiger partial charge >= 0.3 is 0 Å². The van der Waals surface area contributed by atoms with Crippen LogP contribution in [0.15, 0.2) is 29.3 Å². The summed E-state index contributed by atoms with van der Waals surface area (Å²) in [5.41, 5.74) is 2.37. The van der Waals surface area contributed by atoms with Crippen LogP contribution in [0, 0.1) is 13.8 Å². The molecule has 1 aliphatic heterocycles. The number of aryl methyl sites for hydroxylation is 2. The average Bonchev–Trinajstić information content (AvgIpc) is 3.02. The molecule has 0 atom stereocenters. The first kappa shape index (κ1) is 22.7. The fourth-order valence-electron chi connectivity index (χ4n) is 3.41. The number of aliphatic imine (C=N–C) groups is 1. The predicted octanol–water partition coefficient (Wildman–Crippen LogP) is 3.33. The molecular formula is C20H30IN5OS. The first-order valence-electron chi connectivity index (χ1n) is 9.38. The van der Waals surface area contributed by atoms with Crippen LogP contribution in [-0.2, 0) is 6.42 Å². The average molecular weight is 515 g/mol. The Kier molecular flexibility index (Phi) is 8.81. The third-order valence-corrected chi connectivity index (χ3v) is 5.98. The molecule has 0 spiro atoms. The van der Waals surface area contributed by atoms with E-state index in [-0.39, 0.29) is 24.0 Å². The maximum absolute atomic E-state index is 5.34. The number of nitrogens with zero attached hydrogens (tertiary/aromatic N) is 4. The van der Waals surface area contributed by atoms with E-state index in [0.29, 0.717) is 0 Å². The van der Waals surface area contributed by atoms with E-state index in [0.717, 1.165) is 61.6 Å². The molecule has 1 fully saturated rings. The van der Waals surface area contributed by atoms with Crippen LogP contribution in [0.25, 0.3) is 0 Å². The smallest absolute Gasteiger partial charge is 0.193 e. The maximum Gasteiger partial charge on any atom is 0.193 e. The molecule has 154 valence electrons. The van der Waals surface area contributed by atoms with Crippen molar-refractivity contribution in [2.75, 3.05) is 51.8 Å². The summed E-state index contributed by atoms with van der Waals surface area (Å²) in [6.45, 7) is 8.89. The van der Waals surface area contributed by atoms with Gasteiger partial charge in [-0.3, -0.25) is 4.99 Å². The maximum atomic E-state index is 5.34. The van der Waals surface area contributed by atoms with Gasteiger partial charge in [0, 0.05) is 62.8 Å². The second-order valence-corrected chi connectivity index (χ2v) is 7.93. The topological polar surface area (TPSA) is 53.0 Å². The summed E-state index contributed by atoms with van der Waals surface area (Å²) in [5.74, 6) is 1.89. The van der Waals surface area contributed by atoms with Crippen molar-refractivity contribution in [3.8, 4) is 5.75 Å². The first-order valence-corrected chi connectivity index (χ1v) is 10.2. The van der Waals surface area contributed by atoms with Crippen molar-refractivity contribution in [3.05, 3.63) is 39.8 Å². The molecule has 28 heavy (non-hydrogen) atoms. The van der Waals surface area contributed by atoms with E-state index in [1.54, 1.807) is 18.4 Å². The monoisotopic (exact) mass is 515 g/mol. The summed E-state index contributed by atoms with van der Waals surface area (Å²) < 4.78 is 5.34. The molecular weight excluding hydrogens is 485 g/mol. The van der Waals surface area contributed by atoms with Gasteiger partial charge in [0.15, 0.2) is 5.96 Å². The fraction of sp³-hybridized carbons (Fsp3) is 0.500. The normalized spacial score (nSPS) is 14.6. The number of hydrogen-bond donors (Lipinski definition) is 1.